The lowest BCUT2D eigenvalue weighted by Gasteiger charge is -1.94. The molecule has 1 aromatic carbocycles. The van der Waals surface area contributed by atoms with Gasteiger partial charge in [0, 0.05) is 17.8 Å². The van der Waals surface area contributed by atoms with Gasteiger partial charge in [0.2, 0.25) is 0 Å². The van der Waals surface area contributed by atoms with Crippen LogP contribution in [0, 0.1) is 0 Å². The average molecular weight is 170 g/mol. The van der Waals surface area contributed by atoms with Crippen molar-refractivity contribution in [1.29, 1.82) is 0 Å². The second kappa shape index (κ2) is 2.26. The Kier molecular flexibility index (Phi) is 1.14. The highest BCUT2D eigenvalue weighted by Gasteiger charge is 1.99. The van der Waals surface area contributed by atoms with E-state index in [2.05, 4.69) is 20.2 Å². The Hall–Kier alpha value is -1.97. The molecule has 0 saturated heterocycles. The third kappa shape index (κ3) is 0.885. The first-order chi connectivity index (χ1) is 6.43. The number of nitrogens with one attached hydrogen (secondary N) is 1. The molecule has 0 aliphatic rings. The summed E-state index contributed by atoms with van der Waals surface area (Å²) in [5.74, 6) is 0. The summed E-state index contributed by atoms with van der Waals surface area (Å²) < 4.78 is 0. The van der Waals surface area contributed by atoms with Gasteiger partial charge in [-0.2, -0.15) is 5.10 Å². The molecule has 0 aliphatic carbocycles. The summed E-state index contributed by atoms with van der Waals surface area (Å²) in [5.41, 5.74) is 2.78. The Morgan fingerprint density at radius 3 is 2.62 bits per heavy atom. The topological polar surface area (TPSA) is 54.5 Å². The molecule has 0 amide bonds. The quantitative estimate of drug-likeness (QED) is 0.556. The standard InChI is InChI=1S/C9H6N4/c1-2-11-9-4-7-6(5-12-13-7)3-8(9)10-1/h1-5H,(H,12,13). The molecule has 0 aliphatic heterocycles. The zero-order chi connectivity index (χ0) is 8.67. The zero-order valence-corrected chi connectivity index (χ0v) is 6.73. The van der Waals surface area contributed by atoms with Gasteiger partial charge in [-0.1, -0.05) is 0 Å². The van der Waals surface area contributed by atoms with Crippen LogP contribution in [-0.4, -0.2) is 20.2 Å². The first kappa shape index (κ1) is 6.54. The second-order valence-electron chi connectivity index (χ2n) is 2.85. The predicted molar refractivity (Wildman–Crippen MR) is 49.2 cm³/mol. The van der Waals surface area contributed by atoms with E-state index < -0.39 is 0 Å². The fourth-order valence-electron chi connectivity index (χ4n) is 1.40. The van der Waals surface area contributed by atoms with Crippen molar-refractivity contribution >= 4 is 21.9 Å². The van der Waals surface area contributed by atoms with Crippen LogP contribution >= 0.6 is 0 Å². The van der Waals surface area contributed by atoms with E-state index in [0.717, 1.165) is 21.9 Å². The largest absolute Gasteiger partial charge is 0.278 e. The summed E-state index contributed by atoms with van der Waals surface area (Å²) in [6.45, 7) is 0. The van der Waals surface area contributed by atoms with Gasteiger partial charge in [0.1, 0.15) is 0 Å². The summed E-state index contributed by atoms with van der Waals surface area (Å²) in [6, 6.07) is 3.92. The van der Waals surface area contributed by atoms with Crippen molar-refractivity contribution in [1.82, 2.24) is 20.2 Å². The van der Waals surface area contributed by atoms with E-state index in [4.69, 9.17) is 0 Å². The third-order valence-electron chi connectivity index (χ3n) is 2.03. The fraction of sp³-hybridized carbons (Fsp3) is 0. The van der Waals surface area contributed by atoms with Crippen molar-refractivity contribution < 1.29 is 0 Å². The van der Waals surface area contributed by atoms with E-state index in [1.54, 1.807) is 18.6 Å². The van der Waals surface area contributed by atoms with Gasteiger partial charge in [-0.05, 0) is 12.1 Å². The predicted octanol–water partition coefficient (Wildman–Crippen LogP) is 1.51. The minimum absolute atomic E-state index is 0.888. The smallest absolute Gasteiger partial charge is 0.0908 e. The Morgan fingerprint density at radius 2 is 1.77 bits per heavy atom. The molecule has 3 rings (SSSR count). The molecule has 4 heteroatoms. The molecule has 0 unspecified atom stereocenters. The van der Waals surface area contributed by atoms with Gasteiger partial charge in [0.25, 0.3) is 0 Å². The molecule has 0 fully saturated rings. The molecule has 4 nitrogen and oxygen atoms in total. The van der Waals surface area contributed by atoms with Gasteiger partial charge in [-0.25, -0.2) is 0 Å². The highest BCUT2D eigenvalue weighted by atomic mass is 15.1. The molecular formula is C9H6N4. The molecule has 0 spiro atoms. The van der Waals surface area contributed by atoms with E-state index in [-0.39, 0.29) is 0 Å². The number of fused-ring (bicyclic) bond motifs is 2. The molecular weight excluding hydrogens is 164 g/mol. The number of benzene rings is 1. The minimum Gasteiger partial charge on any atom is -0.278 e. The maximum Gasteiger partial charge on any atom is 0.0908 e. The Balaban J connectivity index is 2.57. The van der Waals surface area contributed by atoms with Crippen molar-refractivity contribution in [3.63, 3.8) is 0 Å². The van der Waals surface area contributed by atoms with E-state index >= 15 is 0 Å². The highest BCUT2D eigenvalue weighted by molar-refractivity contribution is 5.92. The third-order valence-corrected chi connectivity index (χ3v) is 2.03. The van der Waals surface area contributed by atoms with Crippen LogP contribution in [0.25, 0.3) is 21.9 Å². The maximum absolute atomic E-state index is 4.21. The summed E-state index contributed by atoms with van der Waals surface area (Å²) in [6.07, 6.45) is 5.15. The van der Waals surface area contributed by atoms with Crippen molar-refractivity contribution in [3.8, 4) is 0 Å². The molecule has 62 valence electrons. The van der Waals surface area contributed by atoms with E-state index in [9.17, 15) is 0 Å². The van der Waals surface area contributed by atoms with Gasteiger partial charge in [0.05, 0.1) is 22.7 Å². The Bertz CT molecular complexity index is 520. The fourth-order valence-corrected chi connectivity index (χ4v) is 1.40. The number of hydrogen-bond acceptors (Lipinski definition) is 3. The number of aromatic amines is 1. The van der Waals surface area contributed by atoms with Crippen molar-refractivity contribution in [2.24, 2.45) is 0 Å². The summed E-state index contributed by atoms with van der Waals surface area (Å²) in [4.78, 5) is 8.41. The van der Waals surface area contributed by atoms with E-state index in [1.807, 2.05) is 12.1 Å². The van der Waals surface area contributed by atoms with Crippen LogP contribution in [0.5, 0.6) is 0 Å². The maximum atomic E-state index is 4.21. The summed E-state index contributed by atoms with van der Waals surface area (Å²) in [5, 5.41) is 7.90. The molecule has 3 aromatic rings. The van der Waals surface area contributed by atoms with Crippen LogP contribution in [-0.2, 0) is 0 Å². The number of hydrogen-bond donors (Lipinski definition) is 1. The van der Waals surface area contributed by atoms with Gasteiger partial charge in [-0.3, -0.25) is 15.1 Å². The van der Waals surface area contributed by atoms with Gasteiger partial charge < -0.3 is 0 Å². The normalized spacial score (nSPS) is 11.1. The Morgan fingerprint density at radius 1 is 1.00 bits per heavy atom. The van der Waals surface area contributed by atoms with Crippen LogP contribution < -0.4 is 0 Å². The van der Waals surface area contributed by atoms with Crippen LogP contribution in [0.15, 0.2) is 30.7 Å². The van der Waals surface area contributed by atoms with Crippen molar-refractivity contribution in [2.75, 3.05) is 0 Å². The number of H-pyrrole nitrogens is 1. The SMILES string of the molecule is c1cnc2cc3[nH]ncc3cc2n1. The first-order valence-electron chi connectivity index (χ1n) is 3.97. The molecule has 0 radical (unpaired) electrons. The van der Waals surface area contributed by atoms with Crippen LogP contribution in [0.4, 0.5) is 0 Å². The minimum atomic E-state index is 0.888. The molecule has 0 atom stereocenters. The zero-order valence-electron chi connectivity index (χ0n) is 6.73. The highest BCUT2D eigenvalue weighted by Crippen LogP contribution is 2.16. The first-order valence-corrected chi connectivity index (χ1v) is 3.97. The van der Waals surface area contributed by atoms with Crippen LogP contribution in [0.1, 0.15) is 0 Å². The number of rotatable bonds is 0. The average Bonchev–Trinajstić information content (AvgIpc) is 2.61. The van der Waals surface area contributed by atoms with Gasteiger partial charge >= 0.3 is 0 Å². The molecule has 2 aromatic heterocycles. The van der Waals surface area contributed by atoms with Crippen LogP contribution in [0.3, 0.4) is 0 Å². The molecule has 1 N–H and O–H groups in total. The summed E-state index contributed by atoms with van der Waals surface area (Å²) in [7, 11) is 0. The number of nitrogens with zero attached hydrogens (tertiary/aromatic N) is 3. The van der Waals surface area contributed by atoms with Crippen molar-refractivity contribution in [2.45, 2.75) is 0 Å². The second-order valence-corrected chi connectivity index (χ2v) is 2.85. The lowest BCUT2D eigenvalue weighted by molar-refractivity contribution is 1.12. The van der Waals surface area contributed by atoms with E-state index in [1.165, 1.54) is 0 Å². The molecule has 0 bridgehead atoms. The monoisotopic (exact) mass is 170 g/mol. The lowest BCUT2D eigenvalue weighted by atomic mass is 10.2. The summed E-state index contributed by atoms with van der Waals surface area (Å²) >= 11 is 0. The molecule has 13 heavy (non-hydrogen) atoms. The number of aromatic nitrogens is 4. The van der Waals surface area contributed by atoms with Crippen molar-refractivity contribution in [3.05, 3.63) is 30.7 Å². The molecule has 0 saturated carbocycles. The lowest BCUT2D eigenvalue weighted by Crippen LogP contribution is -1.81. The van der Waals surface area contributed by atoms with Gasteiger partial charge in [-0.15, -0.1) is 0 Å². The van der Waals surface area contributed by atoms with E-state index in [0.29, 0.717) is 0 Å². The van der Waals surface area contributed by atoms with Crippen LogP contribution in [0.2, 0.25) is 0 Å². The molecule has 2 heterocycles. The Labute approximate surface area is 73.6 Å². The van der Waals surface area contributed by atoms with Gasteiger partial charge in [0.15, 0.2) is 0 Å².